The Hall–Kier alpha value is -0.795. The van der Waals surface area contributed by atoms with Crippen LogP contribution in [0.25, 0.3) is 0 Å². The Morgan fingerprint density at radius 2 is 1.93 bits per heavy atom. The summed E-state index contributed by atoms with van der Waals surface area (Å²) in [5.41, 5.74) is 0.799. The predicted octanol–water partition coefficient (Wildman–Crippen LogP) is 1.71. The van der Waals surface area contributed by atoms with E-state index < -0.39 is 11.7 Å². The first-order valence-electron chi connectivity index (χ1n) is 5.38. The van der Waals surface area contributed by atoms with Crippen LogP contribution in [-0.2, 0) is 11.0 Å². The molecule has 3 heteroatoms. The quantitative estimate of drug-likeness (QED) is 0.743. The van der Waals surface area contributed by atoms with Gasteiger partial charge in [-0.05, 0) is 27.1 Å². The van der Waals surface area contributed by atoms with Crippen LogP contribution in [-0.4, -0.2) is 24.3 Å². The Bertz CT molecular complexity index is 283. The molecule has 0 amide bonds. The Labute approximate surface area is 92.6 Å². The average molecular weight is 206 g/mol. The molecule has 0 fully saturated rings. The Morgan fingerprint density at radius 1 is 1.33 bits per heavy atom. The zero-order valence-electron chi connectivity index (χ0n) is 9.73. The minimum atomic E-state index is -0.464. The number of aliphatic hydroxyl groups is 1. The highest BCUT2D eigenvalue weighted by Crippen LogP contribution is 2.14. The van der Waals surface area contributed by atoms with Crippen LogP contribution in [0.3, 0.4) is 0 Å². The summed E-state index contributed by atoms with van der Waals surface area (Å²) in [7, 11) is 0.641. The summed E-state index contributed by atoms with van der Waals surface area (Å²) in [5, 5.41) is 9.45. The van der Waals surface area contributed by atoms with Crippen molar-refractivity contribution >= 4 is 7.48 Å². The highest BCUT2D eigenvalue weighted by molar-refractivity contribution is 6.26. The van der Waals surface area contributed by atoms with Gasteiger partial charge in [-0.1, -0.05) is 35.9 Å². The summed E-state index contributed by atoms with van der Waals surface area (Å²) in [6, 6.07) is 10.2. The monoisotopic (exact) mass is 206 g/mol. The lowest BCUT2D eigenvalue weighted by atomic mass is 9.87. The number of benzene rings is 1. The maximum absolute atomic E-state index is 9.45. The SMILES string of the molecule is CC(O)C(C)(C)OBCc1ccccc1. The van der Waals surface area contributed by atoms with Crippen molar-refractivity contribution in [1.82, 2.24) is 0 Å². The van der Waals surface area contributed by atoms with Crippen LogP contribution in [0.15, 0.2) is 30.3 Å². The van der Waals surface area contributed by atoms with Crippen molar-refractivity contribution in [3.63, 3.8) is 0 Å². The normalized spacial score (nSPS) is 13.6. The second-order valence-corrected chi connectivity index (χ2v) is 4.36. The highest BCUT2D eigenvalue weighted by Gasteiger charge is 2.24. The van der Waals surface area contributed by atoms with Crippen LogP contribution in [0.5, 0.6) is 0 Å². The molecule has 15 heavy (non-hydrogen) atoms. The van der Waals surface area contributed by atoms with Gasteiger partial charge in [-0.2, -0.15) is 0 Å². The van der Waals surface area contributed by atoms with Crippen molar-refractivity contribution < 1.29 is 9.76 Å². The van der Waals surface area contributed by atoms with Crippen molar-refractivity contribution in [3.8, 4) is 0 Å². The van der Waals surface area contributed by atoms with E-state index in [9.17, 15) is 5.11 Å². The molecule has 0 aliphatic heterocycles. The van der Waals surface area contributed by atoms with Gasteiger partial charge < -0.3 is 9.76 Å². The van der Waals surface area contributed by atoms with Gasteiger partial charge in [-0.15, -0.1) is 0 Å². The molecule has 0 saturated heterocycles. The van der Waals surface area contributed by atoms with E-state index in [0.717, 1.165) is 6.32 Å². The van der Waals surface area contributed by atoms with E-state index in [2.05, 4.69) is 12.1 Å². The topological polar surface area (TPSA) is 29.5 Å². The fourth-order valence-corrected chi connectivity index (χ4v) is 1.20. The largest absolute Gasteiger partial charge is 0.432 e. The molecule has 0 saturated carbocycles. The molecule has 0 aromatic heterocycles. The lowest BCUT2D eigenvalue weighted by Crippen LogP contribution is -2.38. The predicted molar refractivity (Wildman–Crippen MR) is 64.1 cm³/mol. The van der Waals surface area contributed by atoms with Gasteiger partial charge in [-0.25, -0.2) is 0 Å². The first-order chi connectivity index (χ1) is 7.02. The van der Waals surface area contributed by atoms with Crippen LogP contribution in [0.2, 0.25) is 0 Å². The van der Waals surface area contributed by atoms with E-state index >= 15 is 0 Å². The lowest BCUT2D eigenvalue weighted by molar-refractivity contribution is -0.0163. The molecule has 1 rings (SSSR count). The summed E-state index contributed by atoms with van der Waals surface area (Å²) in [5.74, 6) is 0. The first kappa shape index (κ1) is 12.3. The van der Waals surface area contributed by atoms with Crippen LogP contribution in [0.4, 0.5) is 0 Å². The maximum atomic E-state index is 9.45. The van der Waals surface area contributed by atoms with Gasteiger partial charge in [-0.3, -0.25) is 0 Å². The van der Waals surface area contributed by atoms with Gasteiger partial charge in [0.25, 0.3) is 7.48 Å². The number of rotatable bonds is 5. The van der Waals surface area contributed by atoms with Crippen LogP contribution >= 0.6 is 0 Å². The maximum Gasteiger partial charge on any atom is 0.280 e. The second kappa shape index (κ2) is 5.33. The average Bonchev–Trinajstić information content (AvgIpc) is 2.19. The van der Waals surface area contributed by atoms with Gasteiger partial charge in [0.05, 0.1) is 11.7 Å². The van der Waals surface area contributed by atoms with Crippen molar-refractivity contribution in [2.24, 2.45) is 0 Å². The third-order valence-electron chi connectivity index (χ3n) is 2.71. The third-order valence-corrected chi connectivity index (χ3v) is 2.71. The van der Waals surface area contributed by atoms with Crippen molar-refractivity contribution in [1.29, 1.82) is 0 Å². The van der Waals surface area contributed by atoms with Crippen LogP contribution in [0.1, 0.15) is 26.3 Å². The molecular formula is C12H19BO2. The third kappa shape index (κ3) is 4.06. The van der Waals surface area contributed by atoms with E-state index in [4.69, 9.17) is 4.65 Å². The molecule has 2 nitrogen and oxygen atoms in total. The molecule has 1 aromatic rings. The van der Waals surface area contributed by atoms with Crippen LogP contribution < -0.4 is 0 Å². The minimum Gasteiger partial charge on any atom is -0.432 e. The van der Waals surface area contributed by atoms with Gasteiger partial charge in [0, 0.05) is 0 Å². The van der Waals surface area contributed by atoms with E-state index in [1.807, 2.05) is 32.0 Å². The molecule has 0 radical (unpaired) electrons. The minimum absolute atomic E-state index is 0.451. The van der Waals surface area contributed by atoms with E-state index in [1.54, 1.807) is 6.92 Å². The van der Waals surface area contributed by atoms with Crippen molar-refractivity contribution in [2.75, 3.05) is 0 Å². The molecular weight excluding hydrogens is 187 g/mol. The highest BCUT2D eigenvalue weighted by atomic mass is 16.5. The second-order valence-electron chi connectivity index (χ2n) is 4.36. The molecule has 0 aliphatic rings. The molecule has 82 valence electrons. The standard InChI is InChI=1S/C12H19BO2/c1-10(14)12(2,3)15-13-9-11-7-5-4-6-8-11/h4-8,10,13-14H,9H2,1-3H3. The molecule has 0 heterocycles. The zero-order valence-corrected chi connectivity index (χ0v) is 9.73. The smallest absolute Gasteiger partial charge is 0.280 e. The fourth-order valence-electron chi connectivity index (χ4n) is 1.20. The van der Waals surface area contributed by atoms with Gasteiger partial charge in [0.15, 0.2) is 0 Å². The molecule has 0 aliphatic carbocycles. The van der Waals surface area contributed by atoms with Gasteiger partial charge in [0.1, 0.15) is 0 Å². The molecule has 1 N–H and O–H groups in total. The fraction of sp³-hybridized carbons (Fsp3) is 0.500. The Morgan fingerprint density at radius 3 is 2.47 bits per heavy atom. The summed E-state index contributed by atoms with van der Waals surface area (Å²) in [4.78, 5) is 0. The Balaban J connectivity index is 2.34. The Kier molecular flexibility index (Phi) is 4.36. The first-order valence-corrected chi connectivity index (χ1v) is 5.38. The van der Waals surface area contributed by atoms with E-state index in [0.29, 0.717) is 7.48 Å². The van der Waals surface area contributed by atoms with Crippen molar-refractivity contribution in [3.05, 3.63) is 35.9 Å². The van der Waals surface area contributed by atoms with Crippen LogP contribution in [0, 0.1) is 0 Å². The molecule has 0 bridgehead atoms. The zero-order chi connectivity index (χ0) is 11.3. The summed E-state index contributed by atoms with van der Waals surface area (Å²) in [6.07, 6.45) is 0.435. The molecule has 1 aromatic carbocycles. The number of aliphatic hydroxyl groups excluding tert-OH is 1. The van der Waals surface area contributed by atoms with Crippen molar-refractivity contribution in [2.45, 2.75) is 38.8 Å². The van der Waals surface area contributed by atoms with E-state index in [-0.39, 0.29) is 0 Å². The van der Waals surface area contributed by atoms with Gasteiger partial charge >= 0.3 is 0 Å². The number of hydrogen-bond acceptors (Lipinski definition) is 2. The molecule has 1 atom stereocenters. The van der Waals surface area contributed by atoms with Gasteiger partial charge in [0.2, 0.25) is 0 Å². The molecule has 0 spiro atoms. The summed E-state index contributed by atoms with van der Waals surface area (Å²) < 4.78 is 5.64. The summed E-state index contributed by atoms with van der Waals surface area (Å²) >= 11 is 0. The van der Waals surface area contributed by atoms with E-state index in [1.165, 1.54) is 5.56 Å². The lowest BCUT2D eigenvalue weighted by Gasteiger charge is -2.28. The summed E-state index contributed by atoms with van der Waals surface area (Å²) in [6.45, 7) is 5.56. The molecule has 1 unspecified atom stereocenters. The number of hydrogen-bond donors (Lipinski definition) is 1.